The number of nitrogens with one attached hydrogen (secondary N) is 3. The smallest absolute Gasteiger partial charge is 0.239 e. The molecule has 0 unspecified atom stereocenters. The summed E-state index contributed by atoms with van der Waals surface area (Å²) < 4.78 is 20.9. The number of hydrogen-bond acceptors (Lipinski definition) is 6. The monoisotopic (exact) mass is 368 g/mol. The van der Waals surface area contributed by atoms with Crippen molar-refractivity contribution >= 4 is 11.9 Å². The molecule has 1 aromatic rings. The van der Waals surface area contributed by atoms with E-state index in [0.717, 1.165) is 5.56 Å². The molecule has 0 aromatic heterocycles. The maximum atomic E-state index is 11.7. The van der Waals surface area contributed by atoms with Crippen LogP contribution in [0.15, 0.2) is 17.1 Å². The van der Waals surface area contributed by atoms with Crippen LogP contribution >= 0.6 is 0 Å². The van der Waals surface area contributed by atoms with Crippen LogP contribution in [0.2, 0.25) is 0 Å². The number of guanidine groups is 1. The van der Waals surface area contributed by atoms with Crippen molar-refractivity contribution in [3.8, 4) is 17.2 Å². The highest BCUT2D eigenvalue weighted by Gasteiger charge is 2.13. The van der Waals surface area contributed by atoms with E-state index in [-0.39, 0.29) is 12.5 Å². The lowest BCUT2D eigenvalue weighted by Crippen LogP contribution is -2.43. The van der Waals surface area contributed by atoms with Crippen LogP contribution in [0.3, 0.4) is 0 Å². The summed E-state index contributed by atoms with van der Waals surface area (Å²) in [6.45, 7) is 1.51. The van der Waals surface area contributed by atoms with Gasteiger partial charge in [-0.15, -0.1) is 0 Å². The Bertz CT molecular complexity index is 582. The summed E-state index contributed by atoms with van der Waals surface area (Å²) in [6, 6.07) is 3.69. The van der Waals surface area contributed by atoms with Crippen LogP contribution in [0.1, 0.15) is 5.56 Å². The molecule has 0 saturated heterocycles. The molecule has 0 saturated carbocycles. The predicted molar refractivity (Wildman–Crippen MR) is 99.2 cm³/mol. The molecule has 0 aliphatic rings. The molecule has 0 aliphatic carbocycles. The van der Waals surface area contributed by atoms with Gasteiger partial charge in [0.25, 0.3) is 0 Å². The van der Waals surface area contributed by atoms with Crippen molar-refractivity contribution < 1.29 is 23.7 Å². The second kappa shape index (κ2) is 11.8. The Labute approximate surface area is 154 Å². The first kappa shape index (κ1) is 21.4. The molecular formula is C17H28N4O5. The molecule has 0 atom stereocenters. The zero-order valence-electron chi connectivity index (χ0n) is 16.0. The summed E-state index contributed by atoms with van der Waals surface area (Å²) in [4.78, 5) is 15.8. The first-order valence-electron chi connectivity index (χ1n) is 8.08. The maximum Gasteiger partial charge on any atom is 0.239 e. The first-order valence-corrected chi connectivity index (χ1v) is 8.08. The van der Waals surface area contributed by atoms with Gasteiger partial charge >= 0.3 is 0 Å². The lowest BCUT2D eigenvalue weighted by molar-refractivity contribution is -0.120. The van der Waals surface area contributed by atoms with Gasteiger partial charge in [0.15, 0.2) is 17.5 Å². The van der Waals surface area contributed by atoms with E-state index in [4.69, 9.17) is 18.9 Å². The van der Waals surface area contributed by atoms with Gasteiger partial charge in [0.1, 0.15) is 0 Å². The lowest BCUT2D eigenvalue weighted by Gasteiger charge is -2.16. The predicted octanol–water partition coefficient (Wildman–Crippen LogP) is 0.140. The van der Waals surface area contributed by atoms with Crippen molar-refractivity contribution in [1.29, 1.82) is 0 Å². The van der Waals surface area contributed by atoms with Gasteiger partial charge < -0.3 is 34.9 Å². The Hall–Kier alpha value is -2.68. The van der Waals surface area contributed by atoms with E-state index in [1.54, 1.807) is 35.5 Å². The summed E-state index contributed by atoms with van der Waals surface area (Å²) in [6.07, 6.45) is 0. The van der Waals surface area contributed by atoms with Crippen molar-refractivity contribution in [2.45, 2.75) is 6.54 Å². The zero-order valence-corrected chi connectivity index (χ0v) is 16.0. The van der Waals surface area contributed by atoms with E-state index in [1.807, 2.05) is 12.1 Å². The number of carbonyl (C=O) groups is 1. The summed E-state index contributed by atoms with van der Waals surface area (Å²) in [5, 5.41) is 8.80. The van der Waals surface area contributed by atoms with Gasteiger partial charge in [0, 0.05) is 27.2 Å². The lowest BCUT2D eigenvalue weighted by atomic mass is 10.2. The molecule has 9 heteroatoms. The number of aliphatic imine (C=N–C) groups is 1. The maximum absolute atomic E-state index is 11.7. The minimum Gasteiger partial charge on any atom is -0.493 e. The number of ether oxygens (including phenoxy) is 4. The normalized spacial score (nSPS) is 10.9. The van der Waals surface area contributed by atoms with E-state index in [2.05, 4.69) is 20.9 Å². The summed E-state index contributed by atoms with van der Waals surface area (Å²) in [5.74, 6) is 2.04. The summed E-state index contributed by atoms with van der Waals surface area (Å²) in [7, 11) is 7.91. The van der Waals surface area contributed by atoms with Crippen molar-refractivity contribution in [2.75, 3.05) is 55.2 Å². The molecule has 0 bridgehead atoms. The van der Waals surface area contributed by atoms with Gasteiger partial charge in [-0.2, -0.15) is 0 Å². The van der Waals surface area contributed by atoms with Crippen LogP contribution in [-0.2, 0) is 16.1 Å². The van der Waals surface area contributed by atoms with Gasteiger partial charge in [0.05, 0.1) is 34.5 Å². The molecule has 26 heavy (non-hydrogen) atoms. The van der Waals surface area contributed by atoms with Crippen LogP contribution < -0.4 is 30.2 Å². The Morgan fingerprint density at radius 2 is 1.65 bits per heavy atom. The van der Waals surface area contributed by atoms with Crippen molar-refractivity contribution in [3.05, 3.63) is 17.7 Å². The highest BCUT2D eigenvalue weighted by atomic mass is 16.5. The third-order valence-corrected chi connectivity index (χ3v) is 3.45. The molecule has 0 heterocycles. The molecule has 0 fully saturated rings. The molecule has 0 spiro atoms. The van der Waals surface area contributed by atoms with Crippen LogP contribution in [0.5, 0.6) is 17.2 Å². The fourth-order valence-corrected chi connectivity index (χ4v) is 2.16. The van der Waals surface area contributed by atoms with Gasteiger partial charge in [-0.3, -0.25) is 9.79 Å². The number of benzene rings is 1. The first-order chi connectivity index (χ1) is 12.6. The fourth-order valence-electron chi connectivity index (χ4n) is 2.16. The Kier molecular flexibility index (Phi) is 9.70. The molecule has 1 rings (SSSR count). The highest BCUT2D eigenvalue weighted by Crippen LogP contribution is 2.38. The summed E-state index contributed by atoms with van der Waals surface area (Å²) in [5.41, 5.74) is 0.909. The van der Waals surface area contributed by atoms with Gasteiger partial charge in [-0.05, 0) is 17.7 Å². The Morgan fingerprint density at radius 1 is 1.00 bits per heavy atom. The average molecular weight is 368 g/mol. The number of carbonyl (C=O) groups excluding carboxylic acids is 1. The molecule has 0 aliphatic heterocycles. The topological polar surface area (TPSA) is 102 Å². The number of methoxy groups -OCH3 is 4. The minimum atomic E-state index is -0.141. The van der Waals surface area contributed by atoms with Crippen molar-refractivity contribution in [2.24, 2.45) is 4.99 Å². The van der Waals surface area contributed by atoms with Crippen LogP contribution in [-0.4, -0.2) is 67.0 Å². The largest absolute Gasteiger partial charge is 0.493 e. The molecule has 146 valence electrons. The highest BCUT2D eigenvalue weighted by molar-refractivity contribution is 5.86. The number of amides is 1. The van der Waals surface area contributed by atoms with E-state index >= 15 is 0 Å². The standard InChI is InChI=1S/C17H28N4O5/c1-18-17(21-11-15(22)19-6-7-23-2)20-10-12-8-13(24-3)16(26-5)14(9-12)25-4/h8-9H,6-7,10-11H2,1-5H3,(H,19,22)(H2,18,20,21). The van der Waals surface area contributed by atoms with E-state index in [1.165, 1.54) is 0 Å². The molecule has 9 nitrogen and oxygen atoms in total. The second-order valence-electron chi connectivity index (χ2n) is 5.16. The summed E-state index contributed by atoms with van der Waals surface area (Å²) >= 11 is 0. The van der Waals surface area contributed by atoms with E-state index in [0.29, 0.717) is 42.9 Å². The van der Waals surface area contributed by atoms with Crippen LogP contribution in [0.25, 0.3) is 0 Å². The minimum absolute atomic E-state index is 0.110. The van der Waals surface area contributed by atoms with Gasteiger partial charge in [-0.25, -0.2) is 0 Å². The van der Waals surface area contributed by atoms with Crippen LogP contribution in [0, 0.1) is 0 Å². The molecule has 0 radical (unpaired) electrons. The Balaban J connectivity index is 2.62. The SMILES string of the molecule is CN=C(NCC(=O)NCCOC)NCc1cc(OC)c(OC)c(OC)c1. The Morgan fingerprint density at radius 3 is 2.15 bits per heavy atom. The van der Waals surface area contributed by atoms with Crippen molar-refractivity contribution in [1.82, 2.24) is 16.0 Å². The molecule has 3 N–H and O–H groups in total. The number of rotatable bonds is 10. The average Bonchev–Trinajstić information content (AvgIpc) is 2.67. The van der Waals surface area contributed by atoms with E-state index < -0.39 is 0 Å². The number of hydrogen-bond donors (Lipinski definition) is 3. The molecular weight excluding hydrogens is 340 g/mol. The second-order valence-corrected chi connectivity index (χ2v) is 5.16. The zero-order chi connectivity index (χ0) is 19.4. The van der Waals surface area contributed by atoms with Crippen LogP contribution in [0.4, 0.5) is 0 Å². The third-order valence-electron chi connectivity index (χ3n) is 3.45. The fraction of sp³-hybridized carbons (Fsp3) is 0.529. The number of nitrogens with zero attached hydrogens (tertiary/aromatic N) is 1. The van der Waals surface area contributed by atoms with Gasteiger partial charge in [0.2, 0.25) is 11.7 Å². The van der Waals surface area contributed by atoms with Crippen molar-refractivity contribution in [3.63, 3.8) is 0 Å². The van der Waals surface area contributed by atoms with Gasteiger partial charge in [-0.1, -0.05) is 0 Å². The quantitative estimate of drug-likeness (QED) is 0.307. The molecule has 1 amide bonds. The van der Waals surface area contributed by atoms with E-state index in [9.17, 15) is 4.79 Å². The molecule has 1 aromatic carbocycles. The third kappa shape index (κ3) is 6.67.